The molecule has 0 spiro atoms. The third-order valence-corrected chi connectivity index (χ3v) is 3.81. The smallest absolute Gasteiger partial charge is 0.257 e. The summed E-state index contributed by atoms with van der Waals surface area (Å²) in [5.41, 5.74) is 0.627. The van der Waals surface area contributed by atoms with E-state index in [1.54, 1.807) is 19.1 Å². The predicted octanol–water partition coefficient (Wildman–Crippen LogP) is 2.09. The molecular formula is C17H20N4O3. The van der Waals surface area contributed by atoms with E-state index >= 15 is 0 Å². The van der Waals surface area contributed by atoms with Crippen LogP contribution in [-0.2, 0) is 4.74 Å². The van der Waals surface area contributed by atoms with Gasteiger partial charge in [-0.2, -0.15) is 10.2 Å². The third-order valence-electron chi connectivity index (χ3n) is 3.81. The highest BCUT2D eigenvalue weighted by atomic mass is 16.5. The number of ether oxygens (including phenoxy) is 2. The zero-order valence-electron chi connectivity index (χ0n) is 13.8. The molecule has 24 heavy (non-hydrogen) atoms. The Morgan fingerprint density at radius 1 is 1.33 bits per heavy atom. The van der Waals surface area contributed by atoms with Crippen molar-refractivity contribution < 1.29 is 14.0 Å². The SMILES string of the molecule is Cc1noc([C@H]2CN(CCOc3ccc(C#N)cc3)C[C@@H](C)O2)n1. The Labute approximate surface area is 140 Å². The van der Waals surface area contributed by atoms with Crippen LogP contribution < -0.4 is 4.74 Å². The average Bonchev–Trinajstić information content (AvgIpc) is 3.02. The molecule has 0 amide bonds. The van der Waals surface area contributed by atoms with Crippen LogP contribution in [0.3, 0.4) is 0 Å². The van der Waals surface area contributed by atoms with Crippen LogP contribution in [0.1, 0.15) is 30.3 Å². The molecule has 0 N–H and O–H groups in total. The molecule has 1 aliphatic rings. The normalized spacial score (nSPS) is 21.4. The first-order chi connectivity index (χ1) is 11.6. The van der Waals surface area contributed by atoms with Crippen molar-refractivity contribution in [1.82, 2.24) is 15.0 Å². The van der Waals surface area contributed by atoms with Crippen LogP contribution in [0, 0.1) is 18.3 Å². The van der Waals surface area contributed by atoms with E-state index in [2.05, 4.69) is 21.1 Å². The van der Waals surface area contributed by atoms with Gasteiger partial charge in [-0.25, -0.2) is 0 Å². The maximum absolute atomic E-state index is 8.79. The summed E-state index contributed by atoms with van der Waals surface area (Å²) in [5.74, 6) is 1.90. The molecule has 0 bridgehead atoms. The fraction of sp³-hybridized carbons (Fsp3) is 0.471. The van der Waals surface area contributed by atoms with Crippen LogP contribution in [0.2, 0.25) is 0 Å². The first-order valence-electron chi connectivity index (χ1n) is 7.95. The molecule has 1 saturated heterocycles. The van der Waals surface area contributed by atoms with Gasteiger partial charge in [0.05, 0.1) is 17.7 Å². The van der Waals surface area contributed by atoms with Crippen molar-refractivity contribution in [2.45, 2.75) is 26.1 Å². The van der Waals surface area contributed by atoms with Crippen molar-refractivity contribution in [3.8, 4) is 11.8 Å². The number of benzene rings is 1. The maximum atomic E-state index is 8.79. The number of hydrogen-bond acceptors (Lipinski definition) is 7. The fourth-order valence-electron chi connectivity index (χ4n) is 2.72. The molecule has 7 nitrogen and oxygen atoms in total. The second-order valence-corrected chi connectivity index (χ2v) is 5.86. The lowest BCUT2D eigenvalue weighted by molar-refractivity contribution is -0.0923. The molecule has 0 radical (unpaired) electrons. The zero-order chi connectivity index (χ0) is 16.9. The summed E-state index contributed by atoms with van der Waals surface area (Å²) in [4.78, 5) is 6.53. The Balaban J connectivity index is 1.51. The lowest BCUT2D eigenvalue weighted by Gasteiger charge is -2.35. The molecule has 1 aromatic carbocycles. The Morgan fingerprint density at radius 3 is 2.79 bits per heavy atom. The first kappa shape index (κ1) is 16.4. The molecule has 1 aliphatic heterocycles. The third kappa shape index (κ3) is 4.10. The minimum absolute atomic E-state index is 0.0888. The van der Waals surface area contributed by atoms with Gasteiger partial charge in [-0.05, 0) is 38.1 Å². The number of rotatable bonds is 5. The minimum atomic E-state index is -0.204. The van der Waals surface area contributed by atoms with E-state index in [4.69, 9.17) is 19.3 Å². The highest BCUT2D eigenvalue weighted by molar-refractivity contribution is 5.34. The van der Waals surface area contributed by atoms with Crippen molar-refractivity contribution in [2.24, 2.45) is 0 Å². The number of aryl methyl sites for hydroxylation is 1. The van der Waals surface area contributed by atoms with E-state index in [-0.39, 0.29) is 12.2 Å². The number of nitriles is 1. The van der Waals surface area contributed by atoms with Gasteiger partial charge in [0.2, 0.25) is 0 Å². The first-order valence-corrected chi connectivity index (χ1v) is 7.95. The van der Waals surface area contributed by atoms with Gasteiger partial charge >= 0.3 is 0 Å². The predicted molar refractivity (Wildman–Crippen MR) is 85.4 cm³/mol. The Hall–Kier alpha value is -2.43. The van der Waals surface area contributed by atoms with Gasteiger partial charge < -0.3 is 14.0 Å². The molecule has 0 saturated carbocycles. The molecule has 126 valence electrons. The van der Waals surface area contributed by atoms with Crippen molar-refractivity contribution in [2.75, 3.05) is 26.2 Å². The Bertz CT molecular complexity index is 707. The molecular weight excluding hydrogens is 308 g/mol. The second kappa shape index (κ2) is 7.43. The summed E-state index contributed by atoms with van der Waals surface area (Å²) in [6.07, 6.45) is -0.115. The van der Waals surface area contributed by atoms with Gasteiger partial charge in [-0.1, -0.05) is 5.16 Å². The molecule has 3 rings (SSSR count). The quantitative estimate of drug-likeness (QED) is 0.831. The number of morpholine rings is 1. The van der Waals surface area contributed by atoms with Crippen LogP contribution in [0.25, 0.3) is 0 Å². The van der Waals surface area contributed by atoms with Crippen molar-refractivity contribution in [1.29, 1.82) is 5.26 Å². The highest BCUT2D eigenvalue weighted by Crippen LogP contribution is 2.23. The molecule has 2 atom stereocenters. The summed E-state index contributed by atoms with van der Waals surface area (Å²) < 4.78 is 16.9. The highest BCUT2D eigenvalue weighted by Gasteiger charge is 2.30. The van der Waals surface area contributed by atoms with Crippen LogP contribution in [-0.4, -0.2) is 47.4 Å². The summed E-state index contributed by atoms with van der Waals surface area (Å²) >= 11 is 0. The maximum Gasteiger partial charge on any atom is 0.257 e. The molecule has 2 heterocycles. The fourth-order valence-corrected chi connectivity index (χ4v) is 2.72. The van der Waals surface area contributed by atoms with Crippen LogP contribution >= 0.6 is 0 Å². The van der Waals surface area contributed by atoms with Crippen molar-refractivity contribution >= 4 is 0 Å². The number of aromatic nitrogens is 2. The Kier molecular flexibility index (Phi) is 5.08. The molecule has 1 aromatic heterocycles. The standard InChI is InChI=1S/C17H20N4O3/c1-12-10-21(11-16(23-12)17-19-13(2)20-24-17)7-8-22-15-5-3-14(9-18)4-6-15/h3-6,12,16H,7-8,10-11H2,1-2H3/t12-,16-/m1/s1. The van der Waals surface area contributed by atoms with E-state index in [1.165, 1.54) is 0 Å². The van der Waals surface area contributed by atoms with Gasteiger partial charge in [0.15, 0.2) is 5.82 Å². The van der Waals surface area contributed by atoms with Crippen LogP contribution in [0.5, 0.6) is 5.75 Å². The van der Waals surface area contributed by atoms with E-state index in [0.717, 1.165) is 18.8 Å². The largest absolute Gasteiger partial charge is 0.492 e. The lowest BCUT2D eigenvalue weighted by atomic mass is 10.2. The summed E-state index contributed by atoms with van der Waals surface area (Å²) in [6, 6.07) is 9.21. The van der Waals surface area contributed by atoms with Gasteiger partial charge in [0.25, 0.3) is 5.89 Å². The second-order valence-electron chi connectivity index (χ2n) is 5.86. The average molecular weight is 328 g/mol. The number of hydrogen-bond donors (Lipinski definition) is 0. The summed E-state index contributed by atoms with van der Waals surface area (Å²) in [6.45, 7) is 6.70. The summed E-state index contributed by atoms with van der Waals surface area (Å²) in [7, 11) is 0. The van der Waals surface area contributed by atoms with Crippen molar-refractivity contribution in [3.63, 3.8) is 0 Å². The van der Waals surface area contributed by atoms with Gasteiger partial charge in [0, 0.05) is 19.6 Å². The minimum Gasteiger partial charge on any atom is -0.492 e. The van der Waals surface area contributed by atoms with Crippen LogP contribution in [0.15, 0.2) is 28.8 Å². The molecule has 0 aliphatic carbocycles. The van der Waals surface area contributed by atoms with E-state index in [9.17, 15) is 0 Å². The monoisotopic (exact) mass is 328 g/mol. The zero-order valence-corrected chi connectivity index (χ0v) is 13.8. The van der Waals surface area contributed by atoms with E-state index in [0.29, 0.717) is 30.4 Å². The summed E-state index contributed by atoms with van der Waals surface area (Å²) in [5, 5.41) is 12.6. The van der Waals surface area contributed by atoms with Gasteiger partial charge in [0.1, 0.15) is 18.5 Å². The van der Waals surface area contributed by atoms with E-state index < -0.39 is 0 Å². The lowest BCUT2D eigenvalue weighted by Crippen LogP contribution is -2.44. The molecule has 0 unspecified atom stereocenters. The number of nitrogens with zero attached hydrogens (tertiary/aromatic N) is 4. The van der Waals surface area contributed by atoms with Gasteiger partial charge in [-0.3, -0.25) is 4.90 Å². The van der Waals surface area contributed by atoms with Crippen molar-refractivity contribution in [3.05, 3.63) is 41.5 Å². The Morgan fingerprint density at radius 2 is 2.12 bits per heavy atom. The molecule has 1 fully saturated rings. The van der Waals surface area contributed by atoms with Crippen LogP contribution in [0.4, 0.5) is 0 Å². The topological polar surface area (TPSA) is 84.4 Å². The molecule has 2 aromatic rings. The van der Waals surface area contributed by atoms with Gasteiger partial charge in [-0.15, -0.1) is 0 Å². The van der Waals surface area contributed by atoms with E-state index in [1.807, 2.05) is 19.1 Å². The molecule has 7 heteroatoms.